The van der Waals surface area contributed by atoms with Crippen molar-refractivity contribution in [3.8, 4) is 0 Å². The number of hydrogen-bond acceptors (Lipinski definition) is 3. The second-order valence-electron chi connectivity index (χ2n) is 5.90. The van der Waals surface area contributed by atoms with Crippen molar-refractivity contribution in [3.05, 3.63) is 54.1 Å². The molecule has 0 spiro atoms. The number of alkyl halides is 3. The zero-order valence-corrected chi connectivity index (χ0v) is 12.6. The first-order valence-corrected chi connectivity index (χ1v) is 7.69. The standard InChI is InChI=1S/C17H18F3N3/c18-17(19,20)16-4-3-15(12-22-16)23-8-5-13(6-9-23)10-14-2-1-7-21-11-14/h1-4,7,11-13H,5-6,8-10H2. The molecule has 0 bridgehead atoms. The first-order chi connectivity index (χ1) is 11.0. The molecule has 1 aliphatic heterocycles. The Morgan fingerprint density at radius 1 is 1.09 bits per heavy atom. The Morgan fingerprint density at radius 3 is 2.43 bits per heavy atom. The maximum absolute atomic E-state index is 12.5. The molecule has 1 saturated heterocycles. The van der Waals surface area contributed by atoms with Crippen molar-refractivity contribution in [1.29, 1.82) is 0 Å². The van der Waals surface area contributed by atoms with Crippen LogP contribution in [-0.4, -0.2) is 23.1 Å². The van der Waals surface area contributed by atoms with Gasteiger partial charge in [0.15, 0.2) is 0 Å². The summed E-state index contributed by atoms with van der Waals surface area (Å²) in [5.41, 5.74) is 1.16. The summed E-state index contributed by atoms with van der Waals surface area (Å²) < 4.78 is 37.6. The number of pyridine rings is 2. The molecule has 1 fully saturated rings. The molecular formula is C17H18F3N3. The van der Waals surface area contributed by atoms with Gasteiger partial charge >= 0.3 is 6.18 Å². The first kappa shape index (κ1) is 15.8. The zero-order chi connectivity index (χ0) is 16.3. The molecule has 0 amide bonds. The summed E-state index contributed by atoms with van der Waals surface area (Å²) in [7, 11) is 0. The number of hydrogen-bond donors (Lipinski definition) is 0. The van der Waals surface area contributed by atoms with Crippen LogP contribution in [0.1, 0.15) is 24.1 Å². The minimum absolute atomic E-state index is 0.595. The van der Waals surface area contributed by atoms with Crippen LogP contribution >= 0.6 is 0 Å². The largest absolute Gasteiger partial charge is 0.433 e. The van der Waals surface area contributed by atoms with E-state index in [2.05, 4.69) is 20.9 Å². The quantitative estimate of drug-likeness (QED) is 0.857. The molecule has 3 rings (SSSR count). The molecule has 0 saturated carbocycles. The fourth-order valence-corrected chi connectivity index (χ4v) is 2.99. The van der Waals surface area contributed by atoms with Gasteiger partial charge in [0.05, 0.1) is 11.9 Å². The van der Waals surface area contributed by atoms with Gasteiger partial charge in [0.1, 0.15) is 5.69 Å². The number of piperidine rings is 1. The van der Waals surface area contributed by atoms with Gasteiger partial charge in [-0.05, 0) is 48.9 Å². The molecule has 0 unspecified atom stereocenters. The third-order valence-corrected chi connectivity index (χ3v) is 4.27. The molecule has 2 aromatic heterocycles. The molecule has 2 aromatic rings. The van der Waals surface area contributed by atoms with Crippen molar-refractivity contribution in [2.45, 2.75) is 25.4 Å². The Bertz CT molecular complexity index is 618. The fraction of sp³-hybridized carbons (Fsp3) is 0.412. The molecule has 23 heavy (non-hydrogen) atoms. The Kier molecular flexibility index (Phi) is 4.50. The van der Waals surface area contributed by atoms with E-state index in [-0.39, 0.29) is 0 Å². The fourth-order valence-electron chi connectivity index (χ4n) is 2.99. The van der Waals surface area contributed by atoms with Crippen LogP contribution < -0.4 is 4.90 Å². The van der Waals surface area contributed by atoms with Gasteiger partial charge < -0.3 is 4.90 Å². The lowest BCUT2D eigenvalue weighted by atomic mass is 9.90. The van der Waals surface area contributed by atoms with Crippen LogP contribution in [0, 0.1) is 5.92 Å². The number of anilines is 1. The zero-order valence-electron chi connectivity index (χ0n) is 12.6. The second-order valence-corrected chi connectivity index (χ2v) is 5.90. The molecule has 122 valence electrons. The van der Waals surface area contributed by atoms with Crippen LogP contribution in [0.2, 0.25) is 0 Å². The summed E-state index contributed by atoms with van der Waals surface area (Å²) in [6.45, 7) is 1.69. The Hall–Kier alpha value is -2.11. The van der Waals surface area contributed by atoms with E-state index in [1.165, 1.54) is 17.8 Å². The van der Waals surface area contributed by atoms with Crippen molar-refractivity contribution in [2.24, 2.45) is 5.92 Å². The minimum Gasteiger partial charge on any atom is -0.370 e. The number of aromatic nitrogens is 2. The number of nitrogens with zero attached hydrogens (tertiary/aromatic N) is 3. The highest BCUT2D eigenvalue weighted by atomic mass is 19.4. The van der Waals surface area contributed by atoms with Crippen molar-refractivity contribution >= 4 is 5.69 Å². The van der Waals surface area contributed by atoms with Gasteiger partial charge in [0, 0.05) is 25.5 Å². The van der Waals surface area contributed by atoms with E-state index < -0.39 is 11.9 Å². The number of rotatable bonds is 3. The van der Waals surface area contributed by atoms with E-state index >= 15 is 0 Å². The van der Waals surface area contributed by atoms with Gasteiger partial charge in [0.25, 0.3) is 0 Å². The molecule has 1 aliphatic rings. The van der Waals surface area contributed by atoms with Gasteiger partial charge in [0.2, 0.25) is 0 Å². The average molecular weight is 321 g/mol. The molecule has 0 radical (unpaired) electrons. The highest BCUT2D eigenvalue weighted by Gasteiger charge is 2.32. The third-order valence-electron chi connectivity index (χ3n) is 4.27. The van der Waals surface area contributed by atoms with E-state index in [4.69, 9.17) is 0 Å². The van der Waals surface area contributed by atoms with Crippen LogP contribution in [0.5, 0.6) is 0 Å². The van der Waals surface area contributed by atoms with Gasteiger partial charge in [-0.3, -0.25) is 4.98 Å². The van der Waals surface area contributed by atoms with Crippen LogP contribution in [0.3, 0.4) is 0 Å². The van der Waals surface area contributed by atoms with Crippen LogP contribution in [0.4, 0.5) is 18.9 Å². The van der Waals surface area contributed by atoms with Crippen LogP contribution in [-0.2, 0) is 12.6 Å². The van der Waals surface area contributed by atoms with Crippen LogP contribution in [0.25, 0.3) is 0 Å². The third kappa shape index (κ3) is 4.00. The van der Waals surface area contributed by atoms with E-state index in [9.17, 15) is 13.2 Å². The molecule has 0 N–H and O–H groups in total. The average Bonchev–Trinajstić information content (AvgIpc) is 2.56. The summed E-state index contributed by atoms with van der Waals surface area (Å²) in [6, 6.07) is 6.59. The van der Waals surface area contributed by atoms with Crippen molar-refractivity contribution in [2.75, 3.05) is 18.0 Å². The van der Waals surface area contributed by atoms with E-state index in [0.717, 1.165) is 44.1 Å². The van der Waals surface area contributed by atoms with E-state index in [0.29, 0.717) is 5.92 Å². The lowest BCUT2D eigenvalue weighted by molar-refractivity contribution is -0.141. The van der Waals surface area contributed by atoms with Gasteiger partial charge in [-0.1, -0.05) is 6.07 Å². The summed E-state index contributed by atoms with van der Waals surface area (Å²) in [5.74, 6) is 0.595. The molecule has 3 nitrogen and oxygen atoms in total. The summed E-state index contributed by atoms with van der Waals surface area (Å²) in [4.78, 5) is 9.77. The lowest BCUT2D eigenvalue weighted by Gasteiger charge is -2.33. The maximum atomic E-state index is 12.5. The molecule has 6 heteroatoms. The molecule has 0 aliphatic carbocycles. The van der Waals surface area contributed by atoms with Gasteiger partial charge in [-0.25, -0.2) is 4.98 Å². The topological polar surface area (TPSA) is 29.0 Å². The molecular weight excluding hydrogens is 303 g/mol. The molecule has 0 aromatic carbocycles. The van der Waals surface area contributed by atoms with Crippen molar-refractivity contribution < 1.29 is 13.2 Å². The first-order valence-electron chi connectivity index (χ1n) is 7.69. The normalized spacial score (nSPS) is 16.6. The van der Waals surface area contributed by atoms with Crippen molar-refractivity contribution in [1.82, 2.24) is 9.97 Å². The Labute approximate surface area is 133 Å². The highest BCUT2D eigenvalue weighted by molar-refractivity contribution is 5.45. The summed E-state index contributed by atoms with van der Waals surface area (Å²) in [5, 5.41) is 0. The lowest BCUT2D eigenvalue weighted by Crippen LogP contribution is -2.34. The van der Waals surface area contributed by atoms with E-state index in [1.807, 2.05) is 12.3 Å². The van der Waals surface area contributed by atoms with Gasteiger partial charge in [-0.15, -0.1) is 0 Å². The highest BCUT2D eigenvalue weighted by Crippen LogP contribution is 2.30. The predicted molar refractivity (Wildman–Crippen MR) is 82.1 cm³/mol. The molecule has 3 heterocycles. The number of halogens is 3. The molecule has 0 atom stereocenters. The van der Waals surface area contributed by atoms with Gasteiger partial charge in [-0.2, -0.15) is 13.2 Å². The van der Waals surface area contributed by atoms with Crippen LogP contribution in [0.15, 0.2) is 42.9 Å². The summed E-state index contributed by atoms with van der Waals surface area (Å²) >= 11 is 0. The smallest absolute Gasteiger partial charge is 0.370 e. The second kappa shape index (κ2) is 6.56. The minimum atomic E-state index is -4.38. The summed E-state index contributed by atoms with van der Waals surface area (Å²) in [6.07, 6.45) is 3.66. The van der Waals surface area contributed by atoms with Crippen molar-refractivity contribution in [3.63, 3.8) is 0 Å². The predicted octanol–water partition coefficient (Wildman–Crippen LogP) is 3.95. The SMILES string of the molecule is FC(F)(F)c1ccc(N2CCC(Cc3cccnc3)CC2)cn1. The Balaban J connectivity index is 1.56. The Morgan fingerprint density at radius 2 is 1.87 bits per heavy atom. The maximum Gasteiger partial charge on any atom is 0.433 e. The van der Waals surface area contributed by atoms with E-state index in [1.54, 1.807) is 6.20 Å². The monoisotopic (exact) mass is 321 g/mol.